The molecule has 0 heterocycles. The quantitative estimate of drug-likeness (QED) is 0.796. The van der Waals surface area contributed by atoms with Crippen LogP contribution in [0.3, 0.4) is 0 Å². The SMILES string of the molecule is CC(O)COCC(C)OC1CC(C)CC(C)(C)C1. The normalized spacial score (nSPS) is 31.0. The van der Waals surface area contributed by atoms with Crippen LogP contribution < -0.4 is 0 Å². The third-order valence-corrected chi connectivity index (χ3v) is 3.48. The van der Waals surface area contributed by atoms with Gasteiger partial charge in [-0.3, -0.25) is 0 Å². The van der Waals surface area contributed by atoms with Crippen molar-refractivity contribution in [2.75, 3.05) is 13.2 Å². The summed E-state index contributed by atoms with van der Waals surface area (Å²) in [4.78, 5) is 0. The van der Waals surface area contributed by atoms with Crippen LogP contribution in [0.25, 0.3) is 0 Å². The Morgan fingerprint density at radius 1 is 1.22 bits per heavy atom. The summed E-state index contributed by atoms with van der Waals surface area (Å²) in [5, 5.41) is 9.12. The summed E-state index contributed by atoms with van der Waals surface area (Å²) in [6, 6.07) is 0. The minimum Gasteiger partial charge on any atom is -0.391 e. The molecule has 0 bridgehead atoms. The number of ether oxygens (including phenoxy) is 2. The lowest BCUT2D eigenvalue weighted by Gasteiger charge is -2.39. The van der Waals surface area contributed by atoms with Gasteiger partial charge in [-0.05, 0) is 44.4 Å². The summed E-state index contributed by atoms with van der Waals surface area (Å²) in [5.74, 6) is 0.740. The van der Waals surface area contributed by atoms with Crippen LogP contribution in [-0.4, -0.2) is 36.6 Å². The fourth-order valence-corrected chi connectivity index (χ4v) is 3.13. The molecule has 1 saturated carbocycles. The lowest BCUT2D eigenvalue weighted by atomic mass is 9.71. The van der Waals surface area contributed by atoms with E-state index in [9.17, 15) is 0 Å². The highest BCUT2D eigenvalue weighted by Gasteiger charge is 2.33. The van der Waals surface area contributed by atoms with Crippen LogP contribution >= 0.6 is 0 Å². The van der Waals surface area contributed by atoms with Gasteiger partial charge in [-0.15, -0.1) is 0 Å². The molecular formula is C15H30O3. The first-order chi connectivity index (χ1) is 8.28. The second-order valence-electron chi connectivity index (χ2n) is 6.87. The van der Waals surface area contributed by atoms with E-state index in [0.717, 1.165) is 18.8 Å². The van der Waals surface area contributed by atoms with E-state index in [1.165, 1.54) is 6.42 Å². The molecule has 0 aromatic rings. The molecule has 18 heavy (non-hydrogen) atoms. The maximum absolute atomic E-state index is 9.12. The van der Waals surface area contributed by atoms with Crippen molar-refractivity contribution >= 4 is 0 Å². The molecule has 3 nitrogen and oxygen atoms in total. The molecule has 0 aromatic heterocycles. The molecule has 1 aliphatic carbocycles. The molecule has 1 rings (SSSR count). The van der Waals surface area contributed by atoms with E-state index in [4.69, 9.17) is 14.6 Å². The van der Waals surface area contributed by atoms with Crippen molar-refractivity contribution in [3.63, 3.8) is 0 Å². The largest absolute Gasteiger partial charge is 0.391 e. The summed E-state index contributed by atoms with van der Waals surface area (Å²) in [7, 11) is 0. The predicted molar refractivity (Wildman–Crippen MR) is 73.6 cm³/mol. The number of hydrogen-bond donors (Lipinski definition) is 1. The molecule has 0 saturated heterocycles. The fourth-order valence-electron chi connectivity index (χ4n) is 3.13. The van der Waals surface area contributed by atoms with E-state index in [-0.39, 0.29) is 6.10 Å². The highest BCUT2D eigenvalue weighted by atomic mass is 16.5. The highest BCUT2D eigenvalue weighted by molar-refractivity contribution is 4.83. The first kappa shape index (κ1) is 15.9. The van der Waals surface area contributed by atoms with Gasteiger partial charge >= 0.3 is 0 Å². The average molecular weight is 258 g/mol. The molecule has 0 radical (unpaired) electrons. The third kappa shape index (κ3) is 6.17. The molecule has 1 aliphatic rings. The molecule has 0 spiro atoms. The lowest BCUT2D eigenvalue weighted by Crippen LogP contribution is -2.35. The van der Waals surface area contributed by atoms with Crippen LogP contribution in [0, 0.1) is 11.3 Å². The van der Waals surface area contributed by atoms with Crippen LogP contribution in [0.4, 0.5) is 0 Å². The number of hydrogen-bond acceptors (Lipinski definition) is 3. The van der Waals surface area contributed by atoms with E-state index in [1.807, 2.05) is 6.92 Å². The topological polar surface area (TPSA) is 38.7 Å². The van der Waals surface area contributed by atoms with Gasteiger partial charge in [0.2, 0.25) is 0 Å². The van der Waals surface area contributed by atoms with Crippen molar-refractivity contribution in [3.05, 3.63) is 0 Å². The summed E-state index contributed by atoms with van der Waals surface area (Å²) in [6.45, 7) is 11.7. The second kappa shape index (κ2) is 6.88. The first-order valence-corrected chi connectivity index (χ1v) is 7.20. The van der Waals surface area contributed by atoms with Crippen molar-refractivity contribution in [2.24, 2.45) is 11.3 Å². The Morgan fingerprint density at radius 2 is 1.89 bits per heavy atom. The Morgan fingerprint density at radius 3 is 2.44 bits per heavy atom. The van der Waals surface area contributed by atoms with E-state index in [0.29, 0.717) is 24.7 Å². The standard InChI is InChI=1S/C15H30O3/c1-11-6-14(8-15(4,5)7-11)18-13(3)10-17-9-12(2)16/h11-14,16H,6-10H2,1-5H3. The minimum absolute atomic E-state index is 0.106. The Bertz CT molecular complexity index is 238. The lowest BCUT2D eigenvalue weighted by molar-refractivity contribution is -0.0909. The smallest absolute Gasteiger partial charge is 0.0784 e. The molecule has 0 amide bonds. The third-order valence-electron chi connectivity index (χ3n) is 3.48. The van der Waals surface area contributed by atoms with Gasteiger partial charge in [-0.25, -0.2) is 0 Å². The van der Waals surface area contributed by atoms with Gasteiger partial charge in [0.15, 0.2) is 0 Å². The summed E-state index contributed by atoms with van der Waals surface area (Å²) in [6.07, 6.45) is 3.65. The monoisotopic (exact) mass is 258 g/mol. The first-order valence-electron chi connectivity index (χ1n) is 7.20. The Balaban J connectivity index is 2.28. The van der Waals surface area contributed by atoms with Crippen molar-refractivity contribution in [1.82, 2.24) is 0 Å². The molecule has 0 aromatic carbocycles. The molecule has 3 heteroatoms. The summed E-state index contributed by atoms with van der Waals surface area (Å²) in [5.41, 5.74) is 0.391. The summed E-state index contributed by atoms with van der Waals surface area (Å²) < 4.78 is 11.5. The zero-order valence-electron chi connectivity index (χ0n) is 12.6. The van der Waals surface area contributed by atoms with Gasteiger partial charge in [0, 0.05) is 0 Å². The second-order valence-corrected chi connectivity index (χ2v) is 6.87. The summed E-state index contributed by atoms with van der Waals surface area (Å²) >= 11 is 0. The maximum atomic E-state index is 9.12. The van der Waals surface area contributed by atoms with Crippen molar-refractivity contribution in [3.8, 4) is 0 Å². The zero-order valence-corrected chi connectivity index (χ0v) is 12.6. The zero-order chi connectivity index (χ0) is 13.8. The van der Waals surface area contributed by atoms with Crippen LogP contribution in [0.1, 0.15) is 53.9 Å². The van der Waals surface area contributed by atoms with Crippen LogP contribution in [-0.2, 0) is 9.47 Å². The molecule has 1 fully saturated rings. The molecule has 4 atom stereocenters. The molecule has 1 N–H and O–H groups in total. The Labute approximate surface area is 112 Å². The number of aliphatic hydroxyl groups excluding tert-OH is 1. The van der Waals surface area contributed by atoms with Crippen molar-refractivity contribution in [1.29, 1.82) is 0 Å². The number of rotatable bonds is 6. The molecule has 0 aliphatic heterocycles. The number of aliphatic hydroxyl groups is 1. The van der Waals surface area contributed by atoms with Crippen molar-refractivity contribution in [2.45, 2.75) is 72.2 Å². The van der Waals surface area contributed by atoms with Crippen LogP contribution in [0.15, 0.2) is 0 Å². The Hall–Kier alpha value is -0.120. The van der Waals surface area contributed by atoms with Crippen LogP contribution in [0.2, 0.25) is 0 Å². The van der Waals surface area contributed by atoms with Gasteiger partial charge in [-0.1, -0.05) is 20.8 Å². The molecule has 108 valence electrons. The fraction of sp³-hybridized carbons (Fsp3) is 1.00. The average Bonchev–Trinajstić information content (AvgIpc) is 2.12. The van der Waals surface area contributed by atoms with E-state index in [1.54, 1.807) is 6.92 Å². The molecular weight excluding hydrogens is 228 g/mol. The van der Waals surface area contributed by atoms with Gasteiger partial charge < -0.3 is 14.6 Å². The van der Waals surface area contributed by atoms with Crippen molar-refractivity contribution < 1.29 is 14.6 Å². The van der Waals surface area contributed by atoms with Gasteiger partial charge in [-0.2, -0.15) is 0 Å². The van der Waals surface area contributed by atoms with Gasteiger partial charge in [0.05, 0.1) is 31.5 Å². The maximum Gasteiger partial charge on any atom is 0.0784 e. The Kier molecular flexibility index (Phi) is 6.09. The van der Waals surface area contributed by atoms with Gasteiger partial charge in [0.1, 0.15) is 0 Å². The van der Waals surface area contributed by atoms with E-state index in [2.05, 4.69) is 20.8 Å². The van der Waals surface area contributed by atoms with Gasteiger partial charge in [0.25, 0.3) is 0 Å². The van der Waals surface area contributed by atoms with E-state index < -0.39 is 6.10 Å². The van der Waals surface area contributed by atoms with E-state index >= 15 is 0 Å². The van der Waals surface area contributed by atoms with Crippen LogP contribution in [0.5, 0.6) is 0 Å². The molecule has 4 unspecified atom stereocenters. The minimum atomic E-state index is -0.397. The predicted octanol–water partition coefficient (Wildman–Crippen LogP) is 3.00. The highest BCUT2D eigenvalue weighted by Crippen LogP contribution is 2.39.